The smallest absolute Gasteiger partial charge is 0.233 e. The zero-order chi connectivity index (χ0) is 8.27. The topological polar surface area (TPSA) is 56.1 Å². The van der Waals surface area contributed by atoms with Crippen LogP contribution in [0, 0.1) is 17.4 Å². The third-order valence-corrected chi connectivity index (χ3v) is 2.33. The minimum absolute atomic E-state index is 0.00606. The zero-order valence-corrected chi connectivity index (χ0v) is 8.04. The first kappa shape index (κ1) is 8.59. The first-order valence-electron chi connectivity index (χ1n) is 3.33. The maximum atomic E-state index is 11.0. The van der Waals surface area contributed by atoms with Gasteiger partial charge in [-0.2, -0.15) is 5.26 Å². The van der Waals surface area contributed by atoms with E-state index in [4.69, 9.17) is 5.26 Å². The number of likely N-dealkylation sites (tertiary alicyclic amines) is 1. The molecule has 0 unspecified atom stereocenters. The highest BCUT2D eigenvalue weighted by atomic mass is 127. The summed E-state index contributed by atoms with van der Waals surface area (Å²) in [6, 6.07) is 0. The third-order valence-electron chi connectivity index (χ3n) is 1.79. The highest BCUT2D eigenvalue weighted by molar-refractivity contribution is 14.1. The fourth-order valence-electron chi connectivity index (χ4n) is 1.14. The molecule has 1 aliphatic rings. The van der Waals surface area contributed by atoms with E-state index in [1.807, 2.05) is 29.1 Å². The van der Waals surface area contributed by atoms with Crippen LogP contribution in [0.1, 0.15) is 6.42 Å². The molecule has 60 valence electrons. The van der Waals surface area contributed by atoms with Gasteiger partial charge in [-0.3, -0.25) is 8.32 Å². The highest BCUT2D eigenvalue weighted by Gasteiger charge is 2.26. The normalized spacial score (nSPS) is 22.9. The van der Waals surface area contributed by atoms with Crippen molar-refractivity contribution in [3.05, 3.63) is 0 Å². The number of hydrogen-bond donors (Lipinski definition) is 1. The van der Waals surface area contributed by atoms with Crippen molar-refractivity contribution in [2.24, 2.45) is 5.92 Å². The standard InChI is InChI=1S/C6H8IN3O/c7-9-6(11)5-1-2-10(3-5)4-8/h5H,1-3H2,(H,9,11)/t5-/m0/s1. The summed E-state index contributed by atoms with van der Waals surface area (Å²) in [5.41, 5.74) is 0. The van der Waals surface area contributed by atoms with Gasteiger partial charge in [0.1, 0.15) is 0 Å². The Labute approximate surface area is 79.0 Å². The van der Waals surface area contributed by atoms with Gasteiger partial charge in [0, 0.05) is 13.1 Å². The molecule has 0 aliphatic carbocycles. The summed E-state index contributed by atoms with van der Waals surface area (Å²) in [5, 5.41) is 8.48. The SMILES string of the molecule is N#CN1CC[C@H](C(=O)NI)C1. The van der Waals surface area contributed by atoms with Crippen molar-refractivity contribution in [1.82, 2.24) is 8.43 Å². The maximum absolute atomic E-state index is 11.0. The quantitative estimate of drug-likeness (QED) is 0.420. The number of nitrogens with one attached hydrogen (secondary N) is 1. The van der Waals surface area contributed by atoms with Crippen LogP contribution < -0.4 is 3.53 Å². The van der Waals surface area contributed by atoms with Crippen molar-refractivity contribution in [2.75, 3.05) is 13.1 Å². The van der Waals surface area contributed by atoms with Crippen molar-refractivity contribution < 1.29 is 4.79 Å². The molecule has 0 aromatic rings. The second-order valence-corrected chi connectivity index (χ2v) is 3.03. The van der Waals surface area contributed by atoms with E-state index >= 15 is 0 Å². The summed E-state index contributed by atoms with van der Waals surface area (Å²) in [7, 11) is 0. The van der Waals surface area contributed by atoms with E-state index in [0.717, 1.165) is 6.42 Å². The average Bonchev–Trinajstić information content (AvgIpc) is 2.50. The van der Waals surface area contributed by atoms with Gasteiger partial charge < -0.3 is 4.90 Å². The molecular weight excluding hydrogens is 257 g/mol. The van der Waals surface area contributed by atoms with Crippen molar-refractivity contribution in [2.45, 2.75) is 6.42 Å². The highest BCUT2D eigenvalue weighted by Crippen LogP contribution is 2.15. The Morgan fingerprint density at radius 3 is 3.00 bits per heavy atom. The number of hydrogen-bond acceptors (Lipinski definition) is 3. The Morgan fingerprint density at radius 2 is 2.55 bits per heavy atom. The van der Waals surface area contributed by atoms with Crippen LogP contribution in [0.4, 0.5) is 0 Å². The second-order valence-electron chi connectivity index (χ2n) is 2.49. The second kappa shape index (κ2) is 3.76. The molecule has 1 aliphatic heterocycles. The number of rotatable bonds is 1. The summed E-state index contributed by atoms with van der Waals surface area (Å²) in [4.78, 5) is 12.6. The van der Waals surface area contributed by atoms with Crippen LogP contribution in [0.2, 0.25) is 0 Å². The molecule has 1 N–H and O–H groups in total. The molecule has 1 saturated heterocycles. The Hall–Kier alpha value is -0.510. The number of nitriles is 1. The van der Waals surface area contributed by atoms with E-state index in [1.54, 1.807) is 4.90 Å². The fraction of sp³-hybridized carbons (Fsp3) is 0.667. The summed E-state index contributed by atoms with van der Waals surface area (Å²) < 4.78 is 2.55. The lowest BCUT2D eigenvalue weighted by atomic mass is 10.1. The molecule has 0 radical (unpaired) electrons. The molecule has 5 heteroatoms. The molecule has 0 aromatic carbocycles. The van der Waals surface area contributed by atoms with Gasteiger partial charge in [0.2, 0.25) is 5.91 Å². The lowest BCUT2D eigenvalue weighted by Crippen LogP contribution is -2.25. The van der Waals surface area contributed by atoms with E-state index in [2.05, 4.69) is 3.53 Å². The van der Waals surface area contributed by atoms with Crippen molar-refractivity contribution in [3.63, 3.8) is 0 Å². The molecule has 4 nitrogen and oxygen atoms in total. The number of carbonyl (C=O) groups is 1. The van der Waals surface area contributed by atoms with E-state index in [9.17, 15) is 4.79 Å². The van der Waals surface area contributed by atoms with Gasteiger partial charge in [-0.1, -0.05) is 0 Å². The van der Waals surface area contributed by atoms with Crippen LogP contribution >= 0.6 is 22.9 Å². The molecule has 1 fully saturated rings. The van der Waals surface area contributed by atoms with E-state index in [0.29, 0.717) is 13.1 Å². The Kier molecular flexibility index (Phi) is 2.93. The first-order valence-corrected chi connectivity index (χ1v) is 4.41. The molecule has 1 amide bonds. The van der Waals surface area contributed by atoms with E-state index in [-0.39, 0.29) is 11.8 Å². The lowest BCUT2D eigenvalue weighted by molar-refractivity contribution is -0.122. The Bertz CT molecular complexity index is 200. The van der Waals surface area contributed by atoms with Crippen molar-refractivity contribution in [3.8, 4) is 6.19 Å². The van der Waals surface area contributed by atoms with Crippen LogP contribution in [-0.4, -0.2) is 23.9 Å². The van der Waals surface area contributed by atoms with Gasteiger partial charge >= 0.3 is 0 Å². The molecule has 0 spiro atoms. The van der Waals surface area contributed by atoms with Crippen LogP contribution in [0.15, 0.2) is 0 Å². The minimum atomic E-state index is 0.00606. The summed E-state index contributed by atoms with van der Waals surface area (Å²) >= 11 is 1.82. The first-order chi connectivity index (χ1) is 5.27. The summed E-state index contributed by atoms with van der Waals surface area (Å²) in [5.74, 6) is 0.0369. The van der Waals surface area contributed by atoms with Gasteiger partial charge in [-0.15, -0.1) is 0 Å². The van der Waals surface area contributed by atoms with Gasteiger partial charge in [0.15, 0.2) is 6.19 Å². The maximum Gasteiger partial charge on any atom is 0.233 e. The molecule has 1 rings (SSSR count). The summed E-state index contributed by atoms with van der Waals surface area (Å²) in [6.45, 7) is 1.29. The van der Waals surface area contributed by atoms with Crippen molar-refractivity contribution in [1.29, 1.82) is 5.26 Å². The largest absolute Gasteiger partial charge is 0.310 e. The van der Waals surface area contributed by atoms with E-state index in [1.165, 1.54) is 0 Å². The minimum Gasteiger partial charge on any atom is -0.310 e. The molecule has 0 saturated carbocycles. The van der Waals surface area contributed by atoms with Crippen LogP contribution in [-0.2, 0) is 4.79 Å². The number of amides is 1. The Balaban J connectivity index is 2.43. The van der Waals surface area contributed by atoms with Crippen molar-refractivity contribution >= 4 is 28.8 Å². The van der Waals surface area contributed by atoms with Crippen LogP contribution in [0.3, 0.4) is 0 Å². The molecule has 0 aromatic heterocycles. The molecule has 0 bridgehead atoms. The van der Waals surface area contributed by atoms with Gasteiger partial charge in [0.05, 0.1) is 28.8 Å². The van der Waals surface area contributed by atoms with Gasteiger partial charge in [0.25, 0.3) is 0 Å². The number of carbonyl (C=O) groups excluding carboxylic acids is 1. The Morgan fingerprint density at radius 1 is 1.82 bits per heavy atom. The molecule has 11 heavy (non-hydrogen) atoms. The number of halogens is 1. The molecule has 1 atom stereocenters. The van der Waals surface area contributed by atoms with Gasteiger partial charge in [-0.25, -0.2) is 0 Å². The fourth-order valence-corrected chi connectivity index (χ4v) is 1.58. The lowest BCUT2D eigenvalue weighted by Gasteiger charge is -2.06. The van der Waals surface area contributed by atoms with Gasteiger partial charge in [-0.05, 0) is 6.42 Å². The van der Waals surface area contributed by atoms with Crippen LogP contribution in [0.5, 0.6) is 0 Å². The molecular formula is C6H8IN3O. The van der Waals surface area contributed by atoms with E-state index < -0.39 is 0 Å². The zero-order valence-electron chi connectivity index (χ0n) is 5.88. The molecule has 1 heterocycles. The number of nitrogens with zero attached hydrogens (tertiary/aromatic N) is 2. The average molecular weight is 265 g/mol. The third kappa shape index (κ3) is 1.96. The monoisotopic (exact) mass is 265 g/mol. The predicted molar refractivity (Wildman–Crippen MR) is 47.5 cm³/mol. The predicted octanol–water partition coefficient (Wildman–Crippen LogP) is 0.256. The van der Waals surface area contributed by atoms with Crippen LogP contribution in [0.25, 0.3) is 0 Å². The summed E-state index contributed by atoms with van der Waals surface area (Å²) in [6.07, 6.45) is 2.82.